The van der Waals surface area contributed by atoms with E-state index in [9.17, 15) is 25.1 Å². The standard InChI is InChI=1S/C14H13N3O5/c18-10-5-3-9(4-6-10)8-11(14(19)20)16-13-12(17(21)22)2-1-7-15-13/h1-7,11,18H,8H2,(H,15,16)(H,19,20). The van der Waals surface area contributed by atoms with Crippen molar-refractivity contribution in [2.45, 2.75) is 12.5 Å². The minimum Gasteiger partial charge on any atom is -0.508 e. The molecule has 1 unspecified atom stereocenters. The number of aromatic hydroxyl groups is 1. The molecule has 114 valence electrons. The summed E-state index contributed by atoms with van der Waals surface area (Å²) < 4.78 is 0. The van der Waals surface area contributed by atoms with E-state index in [0.29, 0.717) is 5.56 Å². The van der Waals surface area contributed by atoms with E-state index < -0.39 is 16.9 Å². The van der Waals surface area contributed by atoms with Gasteiger partial charge in [0.05, 0.1) is 4.92 Å². The molecule has 0 saturated heterocycles. The highest BCUT2D eigenvalue weighted by molar-refractivity contribution is 5.78. The molecule has 0 aliphatic heterocycles. The number of nitro groups is 1. The lowest BCUT2D eigenvalue weighted by Crippen LogP contribution is -2.32. The zero-order valence-electron chi connectivity index (χ0n) is 11.3. The predicted octanol–water partition coefficient (Wildman–Crippen LogP) is 1.80. The number of carboxylic acid groups (broad SMARTS) is 1. The van der Waals surface area contributed by atoms with Crippen LogP contribution in [0.25, 0.3) is 0 Å². The van der Waals surface area contributed by atoms with Crippen molar-refractivity contribution in [2.75, 3.05) is 5.32 Å². The van der Waals surface area contributed by atoms with Gasteiger partial charge < -0.3 is 15.5 Å². The fraction of sp³-hybridized carbons (Fsp3) is 0.143. The number of aromatic nitrogens is 1. The Morgan fingerprint density at radius 2 is 2.00 bits per heavy atom. The number of hydrogen-bond acceptors (Lipinski definition) is 6. The van der Waals surface area contributed by atoms with Crippen LogP contribution in [0.1, 0.15) is 5.56 Å². The Bertz CT molecular complexity index is 687. The lowest BCUT2D eigenvalue weighted by molar-refractivity contribution is -0.384. The van der Waals surface area contributed by atoms with Crippen molar-refractivity contribution in [1.29, 1.82) is 0 Å². The van der Waals surface area contributed by atoms with Gasteiger partial charge in [0.2, 0.25) is 5.82 Å². The van der Waals surface area contributed by atoms with Crippen LogP contribution < -0.4 is 5.32 Å². The third-order valence-electron chi connectivity index (χ3n) is 2.97. The Balaban J connectivity index is 2.21. The average molecular weight is 303 g/mol. The van der Waals surface area contributed by atoms with E-state index in [1.165, 1.54) is 30.5 Å². The van der Waals surface area contributed by atoms with Gasteiger partial charge in [0, 0.05) is 18.7 Å². The number of hydrogen-bond donors (Lipinski definition) is 3. The van der Waals surface area contributed by atoms with Crippen molar-refractivity contribution in [3.63, 3.8) is 0 Å². The topological polar surface area (TPSA) is 126 Å². The zero-order chi connectivity index (χ0) is 16.1. The molecule has 3 N–H and O–H groups in total. The third-order valence-corrected chi connectivity index (χ3v) is 2.97. The molecular formula is C14H13N3O5. The quantitative estimate of drug-likeness (QED) is 0.548. The number of rotatable bonds is 6. The number of phenols is 1. The predicted molar refractivity (Wildman–Crippen MR) is 77.7 cm³/mol. The molecule has 0 bridgehead atoms. The second kappa shape index (κ2) is 6.53. The van der Waals surface area contributed by atoms with Gasteiger partial charge in [-0.1, -0.05) is 12.1 Å². The molecule has 2 rings (SSSR count). The van der Waals surface area contributed by atoms with Crippen LogP contribution in [0.5, 0.6) is 5.75 Å². The van der Waals surface area contributed by atoms with E-state index in [1.807, 2.05) is 0 Å². The van der Waals surface area contributed by atoms with E-state index in [4.69, 9.17) is 0 Å². The molecule has 0 amide bonds. The van der Waals surface area contributed by atoms with Crippen LogP contribution in [0.15, 0.2) is 42.6 Å². The monoisotopic (exact) mass is 303 g/mol. The second-order valence-electron chi connectivity index (χ2n) is 4.53. The first-order valence-electron chi connectivity index (χ1n) is 6.34. The maximum atomic E-state index is 11.3. The third kappa shape index (κ3) is 3.69. The Kier molecular flexibility index (Phi) is 4.52. The number of carboxylic acids is 1. The number of phenolic OH excluding ortho intramolecular Hbond substituents is 1. The zero-order valence-corrected chi connectivity index (χ0v) is 11.3. The van der Waals surface area contributed by atoms with E-state index in [2.05, 4.69) is 10.3 Å². The van der Waals surface area contributed by atoms with Crippen LogP contribution in [0.3, 0.4) is 0 Å². The molecule has 8 nitrogen and oxygen atoms in total. The fourth-order valence-electron chi connectivity index (χ4n) is 1.89. The molecule has 8 heteroatoms. The number of benzene rings is 1. The lowest BCUT2D eigenvalue weighted by Gasteiger charge is -2.15. The molecule has 0 radical (unpaired) electrons. The first kappa shape index (κ1) is 15.2. The highest BCUT2D eigenvalue weighted by atomic mass is 16.6. The molecular weight excluding hydrogens is 290 g/mol. The van der Waals surface area contributed by atoms with Crippen molar-refractivity contribution in [1.82, 2.24) is 4.98 Å². The summed E-state index contributed by atoms with van der Waals surface area (Å²) in [6, 6.07) is 7.61. The molecule has 0 aliphatic carbocycles. The molecule has 1 aromatic heterocycles. The van der Waals surface area contributed by atoms with Gasteiger partial charge in [-0.3, -0.25) is 10.1 Å². The number of pyridine rings is 1. The first-order chi connectivity index (χ1) is 10.5. The molecule has 22 heavy (non-hydrogen) atoms. The van der Waals surface area contributed by atoms with Crippen LogP contribution >= 0.6 is 0 Å². The summed E-state index contributed by atoms with van der Waals surface area (Å²) >= 11 is 0. The summed E-state index contributed by atoms with van der Waals surface area (Å²) in [7, 11) is 0. The minimum absolute atomic E-state index is 0.0731. The van der Waals surface area contributed by atoms with Gasteiger partial charge >= 0.3 is 11.7 Å². The molecule has 0 aliphatic rings. The van der Waals surface area contributed by atoms with E-state index in [-0.39, 0.29) is 23.7 Å². The Morgan fingerprint density at radius 1 is 1.32 bits per heavy atom. The Hall–Kier alpha value is -3.16. The van der Waals surface area contributed by atoms with Crippen molar-refractivity contribution in [3.8, 4) is 5.75 Å². The molecule has 1 aromatic carbocycles. The number of nitrogens with zero attached hydrogens (tertiary/aromatic N) is 2. The van der Waals surface area contributed by atoms with E-state index >= 15 is 0 Å². The molecule has 0 fully saturated rings. The highest BCUT2D eigenvalue weighted by Gasteiger charge is 2.23. The first-order valence-corrected chi connectivity index (χ1v) is 6.34. The second-order valence-corrected chi connectivity index (χ2v) is 4.53. The van der Waals surface area contributed by atoms with E-state index in [1.54, 1.807) is 12.1 Å². The SMILES string of the molecule is O=C(O)C(Cc1ccc(O)cc1)Nc1ncccc1[N+](=O)[O-]. The van der Waals surface area contributed by atoms with Crippen LogP contribution in [0.4, 0.5) is 11.5 Å². The van der Waals surface area contributed by atoms with Crippen LogP contribution in [0, 0.1) is 10.1 Å². The van der Waals surface area contributed by atoms with Gasteiger partial charge in [0.15, 0.2) is 0 Å². The lowest BCUT2D eigenvalue weighted by atomic mass is 10.1. The normalized spacial score (nSPS) is 11.6. The van der Waals surface area contributed by atoms with Crippen molar-refractivity contribution in [2.24, 2.45) is 0 Å². The molecule has 2 aromatic rings. The number of nitrogens with one attached hydrogen (secondary N) is 1. The van der Waals surface area contributed by atoms with Gasteiger partial charge in [-0.15, -0.1) is 0 Å². The number of anilines is 1. The van der Waals surface area contributed by atoms with Crippen LogP contribution in [0.2, 0.25) is 0 Å². The van der Waals surface area contributed by atoms with Gasteiger partial charge in [0.1, 0.15) is 11.8 Å². The fourth-order valence-corrected chi connectivity index (χ4v) is 1.89. The summed E-state index contributed by atoms with van der Waals surface area (Å²) in [6.45, 7) is 0. The summed E-state index contributed by atoms with van der Waals surface area (Å²) in [5.74, 6) is -1.18. The van der Waals surface area contributed by atoms with Gasteiger partial charge in [-0.05, 0) is 23.8 Å². The van der Waals surface area contributed by atoms with Crippen LogP contribution in [-0.2, 0) is 11.2 Å². The smallest absolute Gasteiger partial charge is 0.326 e. The summed E-state index contributed by atoms with van der Waals surface area (Å²) in [5, 5.41) is 32.0. The maximum Gasteiger partial charge on any atom is 0.326 e. The summed E-state index contributed by atoms with van der Waals surface area (Å²) in [4.78, 5) is 25.5. The molecule has 1 atom stereocenters. The minimum atomic E-state index is -1.16. The van der Waals surface area contributed by atoms with Gasteiger partial charge in [-0.25, -0.2) is 9.78 Å². The van der Waals surface area contributed by atoms with Gasteiger partial charge in [0.25, 0.3) is 0 Å². The molecule has 0 saturated carbocycles. The van der Waals surface area contributed by atoms with Crippen molar-refractivity contribution in [3.05, 3.63) is 58.3 Å². The summed E-state index contributed by atoms with van der Waals surface area (Å²) in [6.07, 6.45) is 1.43. The largest absolute Gasteiger partial charge is 0.508 e. The van der Waals surface area contributed by atoms with Gasteiger partial charge in [-0.2, -0.15) is 0 Å². The number of carbonyl (C=O) groups is 1. The summed E-state index contributed by atoms with van der Waals surface area (Å²) in [5.41, 5.74) is 0.371. The Labute approximate surface area is 125 Å². The number of aliphatic carboxylic acids is 1. The van der Waals surface area contributed by atoms with Crippen LogP contribution in [-0.4, -0.2) is 32.1 Å². The molecule has 0 spiro atoms. The van der Waals surface area contributed by atoms with E-state index in [0.717, 1.165) is 0 Å². The highest BCUT2D eigenvalue weighted by Crippen LogP contribution is 2.22. The van der Waals surface area contributed by atoms with Crippen molar-refractivity contribution < 1.29 is 19.9 Å². The average Bonchev–Trinajstić information content (AvgIpc) is 2.49. The van der Waals surface area contributed by atoms with Crippen molar-refractivity contribution >= 4 is 17.5 Å². The maximum absolute atomic E-state index is 11.3. The Morgan fingerprint density at radius 3 is 2.59 bits per heavy atom. The molecule has 1 heterocycles.